The third-order valence-corrected chi connectivity index (χ3v) is 5.88. The summed E-state index contributed by atoms with van der Waals surface area (Å²) in [5, 5.41) is 0. The average molecular weight is 381 g/mol. The maximum absolute atomic E-state index is 13.2. The molecule has 0 spiro atoms. The van der Waals surface area contributed by atoms with Gasteiger partial charge in [0, 0.05) is 11.8 Å². The summed E-state index contributed by atoms with van der Waals surface area (Å²) in [5.74, 6) is -2.60. The molecule has 0 radical (unpaired) electrons. The number of anilines is 1. The van der Waals surface area contributed by atoms with Crippen molar-refractivity contribution in [3.8, 4) is 5.75 Å². The van der Waals surface area contributed by atoms with Crippen molar-refractivity contribution in [2.45, 2.75) is 12.5 Å². The summed E-state index contributed by atoms with van der Waals surface area (Å²) >= 11 is 0. The van der Waals surface area contributed by atoms with Crippen LogP contribution in [0.25, 0.3) is 0 Å². The molecule has 1 amide bonds. The maximum Gasteiger partial charge on any atom is 0.265 e. The monoisotopic (exact) mass is 381 g/mol. The number of carbonyl (C=O) groups is 1. The van der Waals surface area contributed by atoms with E-state index in [1.165, 1.54) is 11.0 Å². The molecule has 0 bridgehead atoms. The smallest absolute Gasteiger partial charge is 0.265 e. The Bertz CT molecular complexity index is 903. The van der Waals surface area contributed by atoms with Gasteiger partial charge in [-0.3, -0.25) is 4.79 Å². The summed E-state index contributed by atoms with van der Waals surface area (Å²) < 4.78 is 55.1. The van der Waals surface area contributed by atoms with E-state index in [2.05, 4.69) is 0 Å². The first-order valence-corrected chi connectivity index (χ1v) is 9.83. The van der Waals surface area contributed by atoms with Crippen molar-refractivity contribution in [2.75, 3.05) is 23.0 Å². The van der Waals surface area contributed by atoms with E-state index in [1.54, 1.807) is 30.3 Å². The van der Waals surface area contributed by atoms with Gasteiger partial charge in [-0.2, -0.15) is 0 Å². The molecule has 1 atom stereocenters. The van der Waals surface area contributed by atoms with Crippen LogP contribution in [0.4, 0.5) is 14.5 Å². The number of carbonyl (C=O) groups excluding carboxylic acids is 1. The zero-order valence-corrected chi connectivity index (χ0v) is 14.6. The zero-order chi connectivity index (χ0) is 18.7. The molecule has 2 aromatic carbocycles. The van der Waals surface area contributed by atoms with Crippen LogP contribution in [0, 0.1) is 11.6 Å². The highest BCUT2D eigenvalue weighted by Gasteiger charge is 2.35. The SMILES string of the molecule is O=C(COc1ccc(F)c(F)c1)N(c1ccccc1)[C@@H]1CCS(=O)(=O)C1. The molecule has 1 aliphatic rings. The van der Waals surface area contributed by atoms with E-state index in [0.29, 0.717) is 12.1 Å². The van der Waals surface area contributed by atoms with E-state index < -0.39 is 40.0 Å². The third-order valence-electron chi connectivity index (χ3n) is 4.13. The maximum atomic E-state index is 13.2. The lowest BCUT2D eigenvalue weighted by atomic mass is 10.2. The fourth-order valence-corrected chi connectivity index (χ4v) is 4.61. The minimum atomic E-state index is -3.19. The second-order valence-electron chi connectivity index (χ2n) is 6.02. The number of halogens is 2. The molecular formula is C18H17F2NO4S. The highest BCUT2D eigenvalue weighted by Crippen LogP contribution is 2.25. The van der Waals surface area contributed by atoms with Crippen molar-refractivity contribution in [1.82, 2.24) is 0 Å². The third kappa shape index (κ3) is 4.19. The molecule has 0 aliphatic carbocycles. The first kappa shape index (κ1) is 18.3. The largest absolute Gasteiger partial charge is 0.484 e. The van der Waals surface area contributed by atoms with Gasteiger partial charge in [0.05, 0.1) is 17.5 Å². The molecule has 2 aromatic rings. The fourth-order valence-electron chi connectivity index (χ4n) is 2.91. The van der Waals surface area contributed by atoms with Crippen LogP contribution in [0.3, 0.4) is 0 Å². The molecule has 0 unspecified atom stereocenters. The van der Waals surface area contributed by atoms with Crippen molar-refractivity contribution in [2.24, 2.45) is 0 Å². The first-order chi connectivity index (χ1) is 12.4. The molecular weight excluding hydrogens is 364 g/mol. The Morgan fingerprint density at radius 1 is 1.12 bits per heavy atom. The Labute approximate surface area is 150 Å². The molecule has 8 heteroatoms. The summed E-state index contributed by atoms with van der Waals surface area (Å²) in [6.45, 7) is -0.420. The van der Waals surface area contributed by atoms with E-state index >= 15 is 0 Å². The van der Waals surface area contributed by atoms with Gasteiger partial charge >= 0.3 is 0 Å². The van der Waals surface area contributed by atoms with E-state index in [-0.39, 0.29) is 17.3 Å². The van der Waals surface area contributed by atoms with Gasteiger partial charge in [0.2, 0.25) is 0 Å². The van der Waals surface area contributed by atoms with Crippen LogP contribution in [-0.2, 0) is 14.6 Å². The average Bonchev–Trinajstić information content (AvgIpc) is 2.96. The highest BCUT2D eigenvalue weighted by atomic mass is 32.2. The number of nitrogens with zero attached hydrogens (tertiary/aromatic N) is 1. The Hall–Kier alpha value is -2.48. The number of benzene rings is 2. The summed E-state index contributed by atoms with van der Waals surface area (Å²) in [6.07, 6.45) is 0.341. The van der Waals surface area contributed by atoms with E-state index in [4.69, 9.17) is 4.74 Å². The molecule has 1 heterocycles. The molecule has 0 saturated carbocycles. The number of amides is 1. The number of hydrogen-bond acceptors (Lipinski definition) is 4. The Kier molecular flexibility index (Phi) is 5.22. The highest BCUT2D eigenvalue weighted by molar-refractivity contribution is 7.91. The van der Waals surface area contributed by atoms with Crippen molar-refractivity contribution in [3.05, 3.63) is 60.2 Å². The molecule has 3 rings (SSSR count). The van der Waals surface area contributed by atoms with Crippen LogP contribution in [0.2, 0.25) is 0 Å². The summed E-state index contributed by atoms with van der Waals surface area (Å²) in [6, 6.07) is 11.2. The second kappa shape index (κ2) is 7.41. The lowest BCUT2D eigenvalue weighted by molar-refractivity contribution is -0.121. The number of rotatable bonds is 5. The Balaban J connectivity index is 1.78. The van der Waals surface area contributed by atoms with E-state index in [0.717, 1.165) is 12.1 Å². The van der Waals surface area contributed by atoms with Gasteiger partial charge in [0.1, 0.15) is 5.75 Å². The van der Waals surface area contributed by atoms with Crippen molar-refractivity contribution >= 4 is 21.4 Å². The minimum absolute atomic E-state index is 0.0179. The fraction of sp³-hybridized carbons (Fsp3) is 0.278. The standard InChI is InChI=1S/C18H17F2NO4S/c19-16-7-6-15(10-17(16)20)25-11-18(22)21(13-4-2-1-3-5-13)14-8-9-26(23,24)12-14/h1-7,10,14H,8-9,11-12H2/t14-/m1/s1. The molecule has 1 aliphatic heterocycles. The van der Waals surface area contributed by atoms with Crippen molar-refractivity contribution in [3.63, 3.8) is 0 Å². The second-order valence-corrected chi connectivity index (χ2v) is 8.25. The van der Waals surface area contributed by atoms with Gasteiger partial charge in [-0.25, -0.2) is 17.2 Å². The number of para-hydroxylation sites is 1. The lowest BCUT2D eigenvalue weighted by Gasteiger charge is -2.28. The quantitative estimate of drug-likeness (QED) is 0.799. The molecule has 0 aromatic heterocycles. The molecule has 26 heavy (non-hydrogen) atoms. The molecule has 0 N–H and O–H groups in total. The molecule has 1 saturated heterocycles. The van der Waals surface area contributed by atoms with Gasteiger partial charge in [0.25, 0.3) is 5.91 Å². The van der Waals surface area contributed by atoms with Gasteiger partial charge in [0.15, 0.2) is 28.1 Å². The predicted molar refractivity (Wildman–Crippen MR) is 92.8 cm³/mol. The van der Waals surface area contributed by atoms with Crippen LogP contribution >= 0.6 is 0 Å². The van der Waals surface area contributed by atoms with Gasteiger partial charge < -0.3 is 9.64 Å². The van der Waals surface area contributed by atoms with Gasteiger partial charge in [-0.15, -0.1) is 0 Å². The van der Waals surface area contributed by atoms with Crippen LogP contribution < -0.4 is 9.64 Å². The number of sulfone groups is 1. The molecule has 1 fully saturated rings. The van der Waals surface area contributed by atoms with Gasteiger partial charge in [-0.05, 0) is 30.7 Å². The van der Waals surface area contributed by atoms with Crippen LogP contribution in [0.5, 0.6) is 5.75 Å². The molecule has 5 nitrogen and oxygen atoms in total. The van der Waals surface area contributed by atoms with Crippen LogP contribution in [0.15, 0.2) is 48.5 Å². The van der Waals surface area contributed by atoms with E-state index in [9.17, 15) is 22.0 Å². The minimum Gasteiger partial charge on any atom is -0.484 e. The summed E-state index contributed by atoms with van der Waals surface area (Å²) in [5.41, 5.74) is 0.563. The topological polar surface area (TPSA) is 63.7 Å². The zero-order valence-electron chi connectivity index (χ0n) is 13.8. The summed E-state index contributed by atoms with van der Waals surface area (Å²) in [7, 11) is -3.19. The number of hydrogen-bond donors (Lipinski definition) is 0. The predicted octanol–water partition coefficient (Wildman–Crippen LogP) is 2.56. The van der Waals surface area contributed by atoms with Crippen molar-refractivity contribution < 1.29 is 26.7 Å². The van der Waals surface area contributed by atoms with E-state index in [1.807, 2.05) is 0 Å². The normalized spacial score (nSPS) is 18.5. The van der Waals surface area contributed by atoms with Gasteiger partial charge in [-0.1, -0.05) is 18.2 Å². The number of ether oxygens (including phenoxy) is 1. The first-order valence-electron chi connectivity index (χ1n) is 8.01. The Morgan fingerprint density at radius 2 is 1.85 bits per heavy atom. The van der Waals surface area contributed by atoms with Crippen molar-refractivity contribution in [1.29, 1.82) is 0 Å². The lowest BCUT2D eigenvalue weighted by Crippen LogP contribution is -2.43. The van der Waals surface area contributed by atoms with Crippen LogP contribution in [0.1, 0.15) is 6.42 Å². The van der Waals surface area contributed by atoms with Crippen LogP contribution in [-0.4, -0.2) is 38.5 Å². The summed E-state index contributed by atoms with van der Waals surface area (Å²) in [4.78, 5) is 14.1. The Morgan fingerprint density at radius 3 is 2.46 bits per heavy atom. The molecule has 138 valence electrons.